The fourth-order valence-electron chi connectivity index (χ4n) is 1.73. The number of imidazole rings is 1. The Bertz CT molecular complexity index is 522. The molecule has 2 aromatic heterocycles. The monoisotopic (exact) mass is 297 g/mol. The molecule has 0 saturated heterocycles. The number of anilines is 1. The minimum Gasteiger partial charge on any atom is -0.358 e. The summed E-state index contributed by atoms with van der Waals surface area (Å²) in [7, 11) is 2.03. The minimum absolute atomic E-state index is 0.407. The average molecular weight is 298 g/mol. The van der Waals surface area contributed by atoms with E-state index in [1.54, 1.807) is 4.52 Å². The van der Waals surface area contributed by atoms with Gasteiger partial charge in [0.2, 0.25) is 0 Å². The van der Waals surface area contributed by atoms with Gasteiger partial charge in [0.1, 0.15) is 10.4 Å². The van der Waals surface area contributed by atoms with Crippen molar-refractivity contribution in [1.29, 1.82) is 0 Å². The summed E-state index contributed by atoms with van der Waals surface area (Å²) in [6.45, 7) is 3.54. The van der Waals surface area contributed by atoms with Gasteiger partial charge in [-0.25, -0.2) is 9.50 Å². The van der Waals surface area contributed by atoms with E-state index in [1.165, 1.54) is 0 Å². The van der Waals surface area contributed by atoms with Crippen molar-refractivity contribution in [1.82, 2.24) is 14.6 Å². The second-order valence-corrected chi connectivity index (χ2v) is 4.69. The summed E-state index contributed by atoms with van der Waals surface area (Å²) in [5, 5.41) is 4.54. The fraction of sp³-hybridized carbons (Fsp3) is 0.455. The second-order valence-electron chi connectivity index (χ2n) is 3.94. The van der Waals surface area contributed by atoms with Crippen LogP contribution in [0.5, 0.6) is 0 Å². The highest BCUT2D eigenvalue weighted by Gasteiger charge is 2.11. The summed E-state index contributed by atoms with van der Waals surface area (Å²) in [5.41, 5.74) is 7.25. The number of nitrogens with zero attached hydrogens (tertiary/aromatic N) is 4. The molecule has 2 rings (SSSR count). The highest BCUT2D eigenvalue weighted by molar-refractivity contribution is 9.10. The molecular formula is C11H16BrN5. The van der Waals surface area contributed by atoms with Crippen molar-refractivity contribution in [2.45, 2.75) is 19.9 Å². The summed E-state index contributed by atoms with van der Waals surface area (Å²) < 4.78 is 2.62. The molecule has 0 aromatic carbocycles. The molecule has 6 heteroatoms. The van der Waals surface area contributed by atoms with Crippen LogP contribution in [0.15, 0.2) is 16.7 Å². The van der Waals surface area contributed by atoms with E-state index < -0.39 is 0 Å². The second kappa shape index (κ2) is 5.01. The van der Waals surface area contributed by atoms with E-state index in [9.17, 15) is 0 Å². The van der Waals surface area contributed by atoms with Crippen LogP contribution in [0.4, 0.5) is 5.82 Å². The average Bonchev–Trinajstić information content (AvgIpc) is 2.66. The van der Waals surface area contributed by atoms with Crippen molar-refractivity contribution in [2.24, 2.45) is 5.73 Å². The van der Waals surface area contributed by atoms with E-state index in [0.29, 0.717) is 6.54 Å². The third-order valence-corrected chi connectivity index (χ3v) is 3.41. The molecule has 0 aliphatic carbocycles. The fourth-order valence-corrected chi connectivity index (χ4v) is 2.24. The van der Waals surface area contributed by atoms with Gasteiger partial charge < -0.3 is 10.6 Å². The first-order chi connectivity index (χ1) is 8.17. The molecule has 0 radical (unpaired) electrons. The topological polar surface area (TPSA) is 59.5 Å². The smallest absolute Gasteiger partial charge is 0.155 e. The van der Waals surface area contributed by atoms with Gasteiger partial charge in [0.15, 0.2) is 5.65 Å². The molecule has 92 valence electrons. The Kier molecular flexibility index (Phi) is 3.63. The van der Waals surface area contributed by atoms with Gasteiger partial charge in [0, 0.05) is 20.1 Å². The van der Waals surface area contributed by atoms with E-state index in [1.807, 2.05) is 19.2 Å². The van der Waals surface area contributed by atoms with Crippen LogP contribution in [-0.4, -0.2) is 28.2 Å². The Morgan fingerprint density at radius 3 is 2.88 bits per heavy atom. The van der Waals surface area contributed by atoms with Gasteiger partial charge >= 0.3 is 0 Å². The summed E-state index contributed by atoms with van der Waals surface area (Å²) in [4.78, 5) is 6.51. The SMILES string of the molecule is CCCN(C)c1ccc2nc(CN)c(Br)n2n1. The first kappa shape index (κ1) is 12.3. The zero-order valence-electron chi connectivity index (χ0n) is 10.0. The number of hydrogen-bond acceptors (Lipinski definition) is 4. The molecule has 0 fully saturated rings. The Labute approximate surface area is 109 Å². The van der Waals surface area contributed by atoms with Gasteiger partial charge in [-0.05, 0) is 34.5 Å². The van der Waals surface area contributed by atoms with Gasteiger partial charge in [-0.1, -0.05) is 6.92 Å². The lowest BCUT2D eigenvalue weighted by Crippen LogP contribution is -2.19. The van der Waals surface area contributed by atoms with E-state index in [2.05, 4.69) is 37.8 Å². The molecule has 2 heterocycles. The van der Waals surface area contributed by atoms with Crippen LogP contribution >= 0.6 is 15.9 Å². The van der Waals surface area contributed by atoms with Crippen molar-refractivity contribution in [3.05, 3.63) is 22.4 Å². The van der Waals surface area contributed by atoms with Crippen LogP contribution in [-0.2, 0) is 6.54 Å². The summed E-state index contributed by atoms with van der Waals surface area (Å²) in [6, 6.07) is 3.93. The lowest BCUT2D eigenvalue weighted by atomic mass is 10.4. The molecule has 2 N–H and O–H groups in total. The standard InChI is InChI=1S/C11H16BrN5/c1-3-6-16(2)10-5-4-9-14-8(7-13)11(12)17(9)15-10/h4-5H,3,6-7,13H2,1-2H3. The first-order valence-electron chi connectivity index (χ1n) is 5.62. The lowest BCUT2D eigenvalue weighted by molar-refractivity contribution is 0.803. The molecule has 0 amide bonds. The van der Waals surface area contributed by atoms with Gasteiger partial charge in [-0.2, -0.15) is 0 Å². The molecule has 0 saturated carbocycles. The van der Waals surface area contributed by atoms with Gasteiger partial charge in [-0.15, -0.1) is 5.10 Å². The normalized spacial score (nSPS) is 11.1. The Morgan fingerprint density at radius 2 is 2.24 bits per heavy atom. The van der Waals surface area contributed by atoms with Crippen molar-refractivity contribution in [2.75, 3.05) is 18.5 Å². The lowest BCUT2D eigenvalue weighted by Gasteiger charge is -2.16. The number of rotatable bonds is 4. The maximum atomic E-state index is 5.62. The molecule has 0 bridgehead atoms. The molecular weight excluding hydrogens is 282 g/mol. The Balaban J connectivity index is 2.45. The Morgan fingerprint density at radius 1 is 1.47 bits per heavy atom. The van der Waals surface area contributed by atoms with E-state index in [0.717, 1.165) is 34.7 Å². The molecule has 2 aromatic rings. The van der Waals surface area contributed by atoms with Crippen LogP contribution in [0.25, 0.3) is 5.65 Å². The zero-order valence-corrected chi connectivity index (χ0v) is 11.6. The number of hydrogen-bond donors (Lipinski definition) is 1. The first-order valence-corrected chi connectivity index (χ1v) is 6.42. The van der Waals surface area contributed by atoms with E-state index in [4.69, 9.17) is 5.73 Å². The maximum Gasteiger partial charge on any atom is 0.155 e. The summed E-state index contributed by atoms with van der Waals surface area (Å²) in [5.74, 6) is 0.932. The van der Waals surface area contributed by atoms with Gasteiger partial charge in [-0.3, -0.25) is 0 Å². The highest BCUT2D eigenvalue weighted by Crippen LogP contribution is 2.19. The molecule has 5 nitrogen and oxygen atoms in total. The van der Waals surface area contributed by atoms with Crippen molar-refractivity contribution >= 4 is 27.4 Å². The minimum atomic E-state index is 0.407. The molecule has 0 atom stereocenters. The quantitative estimate of drug-likeness (QED) is 0.935. The molecule has 0 spiro atoms. The van der Waals surface area contributed by atoms with Crippen molar-refractivity contribution in [3.63, 3.8) is 0 Å². The highest BCUT2D eigenvalue weighted by atomic mass is 79.9. The van der Waals surface area contributed by atoms with Gasteiger partial charge in [0.25, 0.3) is 0 Å². The van der Waals surface area contributed by atoms with E-state index >= 15 is 0 Å². The van der Waals surface area contributed by atoms with Crippen molar-refractivity contribution in [3.8, 4) is 0 Å². The molecule has 0 aliphatic heterocycles. The van der Waals surface area contributed by atoms with Gasteiger partial charge in [0.05, 0.1) is 5.69 Å². The van der Waals surface area contributed by atoms with Crippen LogP contribution in [0.3, 0.4) is 0 Å². The molecule has 0 unspecified atom stereocenters. The largest absolute Gasteiger partial charge is 0.358 e. The summed E-state index contributed by atoms with van der Waals surface area (Å²) in [6.07, 6.45) is 1.09. The zero-order chi connectivity index (χ0) is 12.4. The number of halogens is 1. The molecule has 17 heavy (non-hydrogen) atoms. The molecule has 0 aliphatic rings. The van der Waals surface area contributed by atoms with Crippen LogP contribution in [0.2, 0.25) is 0 Å². The van der Waals surface area contributed by atoms with E-state index in [-0.39, 0.29) is 0 Å². The number of fused-ring (bicyclic) bond motifs is 1. The van der Waals surface area contributed by atoms with Crippen molar-refractivity contribution < 1.29 is 0 Å². The maximum absolute atomic E-state index is 5.62. The predicted octanol–water partition coefficient (Wildman–Crippen LogP) is 1.80. The van der Waals surface area contributed by atoms with Crippen LogP contribution < -0.4 is 10.6 Å². The third-order valence-electron chi connectivity index (χ3n) is 2.62. The summed E-state index contributed by atoms with van der Waals surface area (Å²) >= 11 is 3.47. The third kappa shape index (κ3) is 2.28. The predicted molar refractivity (Wildman–Crippen MR) is 72.1 cm³/mol. The number of nitrogens with two attached hydrogens (primary N) is 1. The number of aromatic nitrogens is 3. The Hall–Kier alpha value is -1.14. The van der Waals surface area contributed by atoms with Crippen LogP contribution in [0, 0.1) is 0 Å². The van der Waals surface area contributed by atoms with Crippen LogP contribution in [0.1, 0.15) is 19.0 Å².